The molecule has 2 aromatic rings. The van der Waals surface area contributed by atoms with E-state index in [1.165, 1.54) is 0 Å². The molecule has 108 valence electrons. The van der Waals surface area contributed by atoms with Crippen molar-refractivity contribution in [2.75, 3.05) is 20.1 Å². The van der Waals surface area contributed by atoms with Crippen LogP contribution in [-0.2, 0) is 10.0 Å². The number of benzene rings is 2. The van der Waals surface area contributed by atoms with E-state index in [9.17, 15) is 8.42 Å². The second-order valence-corrected chi connectivity index (χ2v) is 7.19. The van der Waals surface area contributed by atoms with Gasteiger partial charge in [0.05, 0.1) is 4.90 Å². The first-order chi connectivity index (χ1) is 9.53. The Morgan fingerprint density at radius 1 is 1.05 bits per heavy atom. The van der Waals surface area contributed by atoms with Crippen LogP contribution >= 0.6 is 15.9 Å². The van der Waals surface area contributed by atoms with E-state index in [0.29, 0.717) is 11.4 Å². The highest BCUT2D eigenvalue weighted by Gasteiger charge is 2.13. The Labute approximate surface area is 127 Å². The van der Waals surface area contributed by atoms with Crippen LogP contribution in [0.4, 0.5) is 0 Å². The van der Waals surface area contributed by atoms with E-state index in [4.69, 9.17) is 0 Å². The number of rotatable bonds is 6. The van der Waals surface area contributed by atoms with E-state index < -0.39 is 10.0 Å². The first-order valence-electron chi connectivity index (χ1n) is 6.36. The summed E-state index contributed by atoms with van der Waals surface area (Å²) < 4.78 is 27.9. The molecular weight excluding hydrogens is 340 g/mol. The van der Waals surface area contributed by atoms with Gasteiger partial charge in [0.1, 0.15) is 0 Å². The number of sulfonamides is 1. The number of fused-ring (bicyclic) bond motifs is 1. The monoisotopic (exact) mass is 356 g/mol. The minimum Gasteiger partial charge on any atom is -0.320 e. The predicted octanol–water partition coefficient (Wildman–Crippen LogP) is 2.49. The van der Waals surface area contributed by atoms with E-state index in [-0.39, 0.29) is 0 Å². The standard InChI is InChI=1S/C14H17BrN2O2S/c1-16-7-2-8-17-20(18,19)14-6-4-11-9-13(15)5-3-12(11)10-14/h3-6,9-10,16-17H,2,7-8H2,1H3. The average molecular weight is 357 g/mol. The Morgan fingerprint density at radius 2 is 1.75 bits per heavy atom. The van der Waals surface area contributed by atoms with Crippen molar-refractivity contribution in [2.45, 2.75) is 11.3 Å². The summed E-state index contributed by atoms with van der Waals surface area (Å²) in [5, 5.41) is 4.90. The highest BCUT2D eigenvalue weighted by molar-refractivity contribution is 9.10. The lowest BCUT2D eigenvalue weighted by atomic mass is 10.1. The van der Waals surface area contributed by atoms with Crippen molar-refractivity contribution >= 4 is 36.7 Å². The van der Waals surface area contributed by atoms with Gasteiger partial charge in [-0.3, -0.25) is 0 Å². The summed E-state index contributed by atoms with van der Waals surface area (Å²) in [5.74, 6) is 0. The molecule has 0 bridgehead atoms. The van der Waals surface area contributed by atoms with E-state index in [0.717, 1.165) is 28.2 Å². The summed E-state index contributed by atoms with van der Waals surface area (Å²) in [6.07, 6.45) is 0.760. The van der Waals surface area contributed by atoms with Crippen LogP contribution in [0.15, 0.2) is 45.8 Å². The van der Waals surface area contributed by atoms with Crippen molar-refractivity contribution in [3.05, 3.63) is 40.9 Å². The summed E-state index contributed by atoms with van der Waals surface area (Å²) in [6, 6.07) is 10.9. The Bertz CT molecular complexity index is 701. The summed E-state index contributed by atoms with van der Waals surface area (Å²) in [5.41, 5.74) is 0. The highest BCUT2D eigenvalue weighted by atomic mass is 79.9. The van der Waals surface area contributed by atoms with Gasteiger partial charge in [-0.2, -0.15) is 0 Å². The van der Waals surface area contributed by atoms with Gasteiger partial charge < -0.3 is 5.32 Å². The zero-order chi connectivity index (χ0) is 14.6. The normalized spacial score (nSPS) is 11.9. The average Bonchev–Trinajstić information content (AvgIpc) is 2.43. The maximum absolute atomic E-state index is 12.2. The summed E-state index contributed by atoms with van der Waals surface area (Å²) in [6.45, 7) is 1.22. The fraction of sp³-hybridized carbons (Fsp3) is 0.286. The third kappa shape index (κ3) is 3.79. The minimum absolute atomic E-state index is 0.303. The summed E-state index contributed by atoms with van der Waals surface area (Å²) in [4.78, 5) is 0.303. The van der Waals surface area contributed by atoms with Gasteiger partial charge in [-0.25, -0.2) is 13.1 Å². The van der Waals surface area contributed by atoms with Crippen molar-refractivity contribution in [1.82, 2.24) is 10.0 Å². The lowest BCUT2D eigenvalue weighted by Gasteiger charge is -2.08. The predicted molar refractivity (Wildman–Crippen MR) is 85.4 cm³/mol. The van der Waals surface area contributed by atoms with Crippen LogP contribution in [-0.4, -0.2) is 28.6 Å². The van der Waals surface area contributed by atoms with Crippen molar-refractivity contribution < 1.29 is 8.42 Å². The van der Waals surface area contributed by atoms with Crippen LogP contribution in [0.2, 0.25) is 0 Å². The quantitative estimate of drug-likeness (QED) is 0.781. The molecule has 0 aliphatic carbocycles. The molecule has 0 heterocycles. The number of hydrogen-bond acceptors (Lipinski definition) is 3. The fourth-order valence-corrected chi connectivity index (χ4v) is 3.40. The molecule has 0 atom stereocenters. The molecule has 20 heavy (non-hydrogen) atoms. The van der Waals surface area contributed by atoms with Gasteiger partial charge in [0.15, 0.2) is 0 Å². The van der Waals surface area contributed by atoms with Gasteiger partial charge in [-0.15, -0.1) is 0 Å². The molecule has 0 aliphatic rings. The van der Waals surface area contributed by atoms with E-state index in [1.54, 1.807) is 12.1 Å². The smallest absolute Gasteiger partial charge is 0.240 e. The van der Waals surface area contributed by atoms with E-state index >= 15 is 0 Å². The molecule has 6 heteroatoms. The fourth-order valence-electron chi connectivity index (χ4n) is 1.92. The van der Waals surface area contributed by atoms with Crippen LogP contribution in [0.3, 0.4) is 0 Å². The van der Waals surface area contributed by atoms with Crippen molar-refractivity contribution in [3.8, 4) is 0 Å². The second-order valence-electron chi connectivity index (χ2n) is 4.51. The molecule has 0 fully saturated rings. The first kappa shape index (κ1) is 15.4. The van der Waals surface area contributed by atoms with Gasteiger partial charge in [0.2, 0.25) is 10.0 Å². The molecule has 0 aromatic heterocycles. The lowest BCUT2D eigenvalue weighted by molar-refractivity contribution is 0.577. The Balaban J connectivity index is 2.21. The van der Waals surface area contributed by atoms with Crippen LogP contribution < -0.4 is 10.0 Å². The molecular formula is C14H17BrN2O2S. The largest absolute Gasteiger partial charge is 0.320 e. The summed E-state index contributed by atoms with van der Waals surface area (Å²) in [7, 11) is -1.59. The van der Waals surface area contributed by atoms with Gasteiger partial charge in [0.25, 0.3) is 0 Å². The van der Waals surface area contributed by atoms with E-state index in [2.05, 4.69) is 26.0 Å². The first-order valence-corrected chi connectivity index (χ1v) is 8.64. The number of hydrogen-bond donors (Lipinski definition) is 2. The highest BCUT2D eigenvalue weighted by Crippen LogP contribution is 2.22. The second kappa shape index (κ2) is 6.67. The molecule has 0 unspecified atom stereocenters. The van der Waals surface area contributed by atoms with Crippen molar-refractivity contribution in [2.24, 2.45) is 0 Å². The molecule has 0 radical (unpaired) electrons. The number of nitrogens with one attached hydrogen (secondary N) is 2. The van der Waals surface area contributed by atoms with Crippen LogP contribution in [0, 0.1) is 0 Å². The molecule has 0 saturated heterocycles. The zero-order valence-electron chi connectivity index (χ0n) is 11.2. The van der Waals surface area contributed by atoms with Gasteiger partial charge in [0, 0.05) is 11.0 Å². The van der Waals surface area contributed by atoms with Gasteiger partial charge in [-0.1, -0.05) is 28.1 Å². The van der Waals surface area contributed by atoms with Gasteiger partial charge in [-0.05, 0) is 55.1 Å². The molecule has 2 rings (SSSR count). The molecule has 2 N–H and O–H groups in total. The molecule has 0 spiro atoms. The zero-order valence-corrected chi connectivity index (χ0v) is 13.6. The molecule has 2 aromatic carbocycles. The lowest BCUT2D eigenvalue weighted by Crippen LogP contribution is -2.26. The minimum atomic E-state index is -3.43. The third-order valence-corrected chi connectivity index (χ3v) is 4.93. The van der Waals surface area contributed by atoms with Crippen molar-refractivity contribution in [3.63, 3.8) is 0 Å². The van der Waals surface area contributed by atoms with Crippen LogP contribution in [0.1, 0.15) is 6.42 Å². The number of halogens is 1. The maximum atomic E-state index is 12.2. The molecule has 0 saturated carbocycles. The Morgan fingerprint density at radius 3 is 2.50 bits per heavy atom. The van der Waals surface area contributed by atoms with E-state index in [1.807, 2.05) is 31.3 Å². The summed E-state index contributed by atoms with van der Waals surface area (Å²) >= 11 is 3.40. The Hall–Kier alpha value is -0.950. The van der Waals surface area contributed by atoms with Crippen molar-refractivity contribution in [1.29, 1.82) is 0 Å². The topological polar surface area (TPSA) is 58.2 Å². The Kier molecular flexibility index (Phi) is 5.15. The SMILES string of the molecule is CNCCCNS(=O)(=O)c1ccc2cc(Br)ccc2c1. The van der Waals surface area contributed by atoms with Crippen LogP contribution in [0.25, 0.3) is 10.8 Å². The van der Waals surface area contributed by atoms with Crippen LogP contribution in [0.5, 0.6) is 0 Å². The van der Waals surface area contributed by atoms with Gasteiger partial charge >= 0.3 is 0 Å². The molecule has 4 nitrogen and oxygen atoms in total. The maximum Gasteiger partial charge on any atom is 0.240 e. The molecule has 0 amide bonds. The third-order valence-electron chi connectivity index (χ3n) is 2.98. The molecule has 0 aliphatic heterocycles.